The van der Waals surface area contributed by atoms with E-state index in [9.17, 15) is 0 Å². The molecule has 0 bridgehead atoms. The van der Waals surface area contributed by atoms with E-state index in [1.54, 1.807) is 6.26 Å². The monoisotopic (exact) mass is 391 g/mol. The summed E-state index contributed by atoms with van der Waals surface area (Å²) in [6, 6.07) is 3.96. The average molecular weight is 391 g/mol. The van der Waals surface area contributed by atoms with Crippen molar-refractivity contribution in [2.45, 2.75) is 39.0 Å². The minimum absolute atomic E-state index is 0. The molecule has 0 aromatic carbocycles. The van der Waals surface area contributed by atoms with Crippen molar-refractivity contribution >= 4 is 29.9 Å². The molecule has 1 N–H and O–H groups in total. The second-order valence-corrected chi connectivity index (χ2v) is 5.01. The zero-order chi connectivity index (χ0) is 13.3. The number of furan rings is 1. The topological polar surface area (TPSA) is 40.8 Å². The standard InChI is InChI=1S/C15H25N3O.HI/c1-2-3-9-16-15(18-11-4-5-12-18)17-10-8-14-7-6-13-19-14;/h6-7,13H,2-5,8-12H2,1H3,(H,16,17);1H. The molecule has 2 heterocycles. The molecule has 1 aliphatic rings. The van der Waals surface area contributed by atoms with Gasteiger partial charge in [0.25, 0.3) is 0 Å². The van der Waals surface area contributed by atoms with E-state index in [1.165, 1.54) is 19.3 Å². The van der Waals surface area contributed by atoms with Crippen LogP contribution in [0.3, 0.4) is 0 Å². The number of likely N-dealkylation sites (tertiary alicyclic amines) is 1. The van der Waals surface area contributed by atoms with Crippen LogP contribution in [0.1, 0.15) is 38.4 Å². The normalized spacial score (nSPS) is 15.2. The summed E-state index contributed by atoms with van der Waals surface area (Å²) < 4.78 is 5.35. The Morgan fingerprint density at radius 2 is 2.20 bits per heavy atom. The maximum Gasteiger partial charge on any atom is 0.193 e. The number of nitrogens with one attached hydrogen (secondary N) is 1. The van der Waals surface area contributed by atoms with Crippen LogP contribution < -0.4 is 5.32 Å². The van der Waals surface area contributed by atoms with Crippen molar-refractivity contribution in [3.63, 3.8) is 0 Å². The Balaban J connectivity index is 0.00000200. The number of hydrogen-bond donors (Lipinski definition) is 1. The van der Waals surface area contributed by atoms with Gasteiger partial charge in [0.2, 0.25) is 0 Å². The van der Waals surface area contributed by atoms with Crippen molar-refractivity contribution in [3.05, 3.63) is 24.2 Å². The number of halogens is 1. The van der Waals surface area contributed by atoms with Gasteiger partial charge in [-0.2, -0.15) is 0 Å². The molecule has 0 amide bonds. The van der Waals surface area contributed by atoms with Gasteiger partial charge in [0.05, 0.1) is 6.26 Å². The molecule has 20 heavy (non-hydrogen) atoms. The second-order valence-electron chi connectivity index (χ2n) is 5.01. The Bertz CT molecular complexity index is 372. The summed E-state index contributed by atoms with van der Waals surface area (Å²) in [5, 5.41) is 3.47. The summed E-state index contributed by atoms with van der Waals surface area (Å²) in [5.74, 6) is 2.11. The van der Waals surface area contributed by atoms with Gasteiger partial charge in [0.1, 0.15) is 5.76 Å². The molecule has 1 aromatic heterocycles. The molecule has 0 unspecified atom stereocenters. The fourth-order valence-electron chi connectivity index (χ4n) is 2.29. The van der Waals surface area contributed by atoms with Gasteiger partial charge in [-0.25, -0.2) is 0 Å². The molecule has 4 nitrogen and oxygen atoms in total. The van der Waals surface area contributed by atoms with E-state index in [4.69, 9.17) is 9.41 Å². The Labute approximate surface area is 139 Å². The van der Waals surface area contributed by atoms with E-state index < -0.39 is 0 Å². The molecule has 1 saturated heterocycles. The molecule has 114 valence electrons. The summed E-state index contributed by atoms with van der Waals surface area (Å²) in [4.78, 5) is 7.09. The SMILES string of the molecule is CCCCN=C(NCCc1ccco1)N1CCCC1.I. The first-order valence-corrected chi connectivity index (χ1v) is 7.46. The molecule has 0 saturated carbocycles. The first-order chi connectivity index (χ1) is 9.40. The third kappa shape index (κ3) is 5.73. The third-order valence-electron chi connectivity index (χ3n) is 3.41. The number of rotatable bonds is 6. The molecular formula is C15H26IN3O. The lowest BCUT2D eigenvalue weighted by Crippen LogP contribution is -2.40. The minimum Gasteiger partial charge on any atom is -0.469 e. The van der Waals surface area contributed by atoms with Gasteiger partial charge >= 0.3 is 0 Å². The summed E-state index contributed by atoms with van der Waals surface area (Å²) in [6.07, 6.45) is 7.57. The van der Waals surface area contributed by atoms with Crippen LogP contribution in [0.15, 0.2) is 27.8 Å². The first-order valence-electron chi connectivity index (χ1n) is 7.46. The number of nitrogens with zero attached hydrogens (tertiary/aromatic N) is 2. The van der Waals surface area contributed by atoms with E-state index >= 15 is 0 Å². The zero-order valence-electron chi connectivity index (χ0n) is 12.3. The van der Waals surface area contributed by atoms with Gasteiger partial charge < -0.3 is 14.6 Å². The van der Waals surface area contributed by atoms with Gasteiger partial charge in [0.15, 0.2) is 5.96 Å². The summed E-state index contributed by atoms with van der Waals surface area (Å²) in [7, 11) is 0. The van der Waals surface area contributed by atoms with Crippen LogP contribution in [-0.4, -0.2) is 37.0 Å². The number of unbranched alkanes of at least 4 members (excludes halogenated alkanes) is 1. The fourth-order valence-corrected chi connectivity index (χ4v) is 2.29. The summed E-state index contributed by atoms with van der Waals surface area (Å²) in [6.45, 7) is 6.29. The number of aliphatic imine (C=N–C) groups is 1. The van der Waals surface area contributed by atoms with Crippen LogP contribution in [0.4, 0.5) is 0 Å². The molecule has 1 aromatic rings. The van der Waals surface area contributed by atoms with E-state index in [1.807, 2.05) is 12.1 Å². The maximum atomic E-state index is 5.35. The molecule has 5 heteroatoms. The van der Waals surface area contributed by atoms with Crippen LogP contribution in [-0.2, 0) is 6.42 Å². The Kier molecular flexibility index (Phi) is 8.73. The maximum absolute atomic E-state index is 5.35. The third-order valence-corrected chi connectivity index (χ3v) is 3.41. The highest BCUT2D eigenvalue weighted by Crippen LogP contribution is 2.08. The van der Waals surface area contributed by atoms with Crippen LogP contribution in [0.2, 0.25) is 0 Å². The highest BCUT2D eigenvalue weighted by molar-refractivity contribution is 14.0. The van der Waals surface area contributed by atoms with Crippen molar-refractivity contribution < 1.29 is 4.42 Å². The fraction of sp³-hybridized carbons (Fsp3) is 0.667. The molecular weight excluding hydrogens is 365 g/mol. The van der Waals surface area contributed by atoms with Crippen molar-refractivity contribution in [1.29, 1.82) is 0 Å². The largest absolute Gasteiger partial charge is 0.469 e. The lowest BCUT2D eigenvalue weighted by Gasteiger charge is -2.21. The first kappa shape index (κ1) is 17.3. The van der Waals surface area contributed by atoms with E-state index in [-0.39, 0.29) is 24.0 Å². The van der Waals surface area contributed by atoms with Crippen molar-refractivity contribution in [2.75, 3.05) is 26.2 Å². The Morgan fingerprint density at radius 3 is 2.85 bits per heavy atom. The minimum atomic E-state index is 0. The van der Waals surface area contributed by atoms with Crippen LogP contribution in [0.25, 0.3) is 0 Å². The molecule has 0 aliphatic carbocycles. The zero-order valence-corrected chi connectivity index (χ0v) is 14.6. The van der Waals surface area contributed by atoms with Gasteiger partial charge in [-0.15, -0.1) is 24.0 Å². The summed E-state index contributed by atoms with van der Waals surface area (Å²) >= 11 is 0. The van der Waals surface area contributed by atoms with Crippen molar-refractivity contribution in [3.8, 4) is 0 Å². The van der Waals surface area contributed by atoms with E-state index in [2.05, 4.69) is 17.1 Å². The summed E-state index contributed by atoms with van der Waals surface area (Å²) in [5.41, 5.74) is 0. The predicted octanol–water partition coefficient (Wildman–Crippen LogP) is 3.28. The molecule has 2 rings (SSSR count). The highest BCUT2D eigenvalue weighted by atomic mass is 127. The predicted molar refractivity (Wildman–Crippen MR) is 93.8 cm³/mol. The smallest absolute Gasteiger partial charge is 0.193 e. The second kappa shape index (κ2) is 10.1. The molecule has 0 spiro atoms. The van der Waals surface area contributed by atoms with Crippen LogP contribution in [0, 0.1) is 0 Å². The average Bonchev–Trinajstić information content (AvgIpc) is 3.10. The molecule has 1 aliphatic heterocycles. The van der Waals surface area contributed by atoms with Gasteiger partial charge in [-0.1, -0.05) is 13.3 Å². The number of hydrogen-bond acceptors (Lipinski definition) is 2. The molecule has 1 fully saturated rings. The van der Waals surface area contributed by atoms with Crippen molar-refractivity contribution in [2.24, 2.45) is 4.99 Å². The van der Waals surface area contributed by atoms with Crippen LogP contribution >= 0.6 is 24.0 Å². The quantitative estimate of drug-likeness (QED) is 0.350. The molecule has 0 atom stereocenters. The van der Waals surface area contributed by atoms with Gasteiger partial charge in [0, 0.05) is 32.6 Å². The van der Waals surface area contributed by atoms with E-state index in [0.29, 0.717) is 0 Å². The van der Waals surface area contributed by atoms with Crippen LogP contribution in [0.5, 0.6) is 0 Å². The lowest BCUT2D eigenvalue weighted by molar-refractivity contribution is 0.480. The van der Waals surface area contributed by atoms with Crippen molar-refractivity contribution in [1.82, 2.24) is 10.2 Å². The highest BCUT2D eigenvalue weighted by Gasteiger charge is 2.15. The lowest BCUT2D eigenvalue weighted by atomic mass is 10.3. The van der Waals surface area contributed by atoms with Gasteiger partial charge in [-0.05, 0) is 31.4 Å². The Morgan fingerprint density at radius 1 is 1.40 bits per heavy atom. The number of guanidine groups is 1. The van der Waals surface area contributed by atoms with Gasteiger partial charge in [-0.3, -0.25) is 4.99 Å². The molecule has 0 radical (unpaired) electrons. The van der Waals surface area contributed by atoms with E-state index in [0.717, 1.165) is 50.7 Å². The Hall–Kier alpha value is -0.720.